The fourth-order valence-corrected chi connectivity index (χ4v) is 3.94. The third-order valence-corrected chi connectivity index (χ3v) is 5.89. The summed E-state index contributed by atoms with van der Waals surface area (Å²) in [5, 5.41) is 2.12. The lowest BCUT2D eigenvalue weighted by Crippen LogP contribution is -2.22. The highest BCUT2D eigenvalue weighted by Gasteiger charge is 2.31. The number of aromatic amines is 1. The summed E-state index contributed by atoms with van der Waals surface area (Å²) in [5.74, 6) is -0.931. The van der Waals surface area contributed by atoms with Crippen molar-refractivity contribution in [2.75, 3.05) is 10.0 Å². The van der Waals surface area contributed by atoms with Crippen LogP contribution in [0.2, 0.25) is 0 Å². The highest BCUT2D eigenvalue weighted by Crippen LogP contribution is 2.29. The van der Waals surface area contributed by atoms with Crippen molar-refractivity contribution in [2.24, 2.45) is 0 Å². The Bertz CT molecular complexity index is 1350. The summed E-state index contributed by atoms with van der Waals surface area (Å²) in [4.78, 5) is 26.2. The number of amides is 1. The lowest BCUT2D eigenvalue weighted by atomic mass is 10.1. The number of nitrogens with one attached hydrogen (secondary N) is 3. The molecule has 0 radical (unpaired) electrons. The number of carbonyl (C=O) groups excluding carboxylic acids is 1. The van der Waals surface area contributed by atoms with Crippen molar-refractivity contribution >= 4 is 27.3 Å². The van der Waals surface area contributed by atoms with Crippen LogP contribution in [0.5, 0.6) is 0 Å². The molecule has 3 rings (SSSR count). The SMILES string of the molecule is Cc1cccc(NS(=O)(=O)c2ccc(C)c(C(=O)Nc3cc(C(F)(F)F)c[nH]c3=O)c2)c1. The number of H-pyrrole nitrogens is 1. The maximum Gasteiger partial charge on any atom is 0.417 e. The van der Waals surface area contributed by atoms with Crippen molar-refractivity contribution in [3.8, 4) is 0 Å². The van der Waals surface area contributed by atoms with Crippen LogP contribution in [-0.2, 0) is 16.2 Å². The normalized spacial score (nSPS) is 11.8. The minimum atomic E-state index is -4.73. The highest BCUT2D eigenvalue weighted by atomic mass is 32.2. The first-order chi connectivity index (χ1) is 14.9. The molecule has 11 heteroatoms. The molecule has 7 nitrogen and oxygen atoms in total. The Hall–Kier alpha value is -3.60. The number of aryl methyl sites for hydroxylation is 2. The molecular weight excluding hydrogens is 447 g/mol. The molecule has 32 heavy (non-hydrogen) atoms. The second-order valence-corrected chi connectivity index (χ2v) is 8.72. The number of benzene rings is 2. The van der Waals surface area contributed by atoms with Gasteiger partial charge in [-0.2, -0.15) is 13.2 Å². The summed E-state index contributed by atoms with van der Waals surface area (Å²) in [5.41, 5.74) is -1.30. The lowest BCUT2D eigenvalue weighted by molar-refractivity contribution is -0.137. The molecule has 0 aliphatic heterocycles. The van der Waals surface area contributed by atoms with Crippen molar-refractivity contribution in [1.82, 2.24) is 4.98 Å². The summed E-state index contributed by atoms with van der Waals surface area (Å²) in [6, 6.07) is 10.9. The Morgan fingerprint density at radius 3 is 2.41 bits per heavy atom. The van der Waals surface area contributed by atoms with E-state index in [0.29, 0.717) is 23.5 Å². The molecule has 1 amide bonds. The van der Waals surface area contributed by atoms with E-state index in [0.717, 1.165) is 11.6 Å². The van der Waals surface area contributed by atoms with E-state index in [4.69, 9.17) is 0 Å². The molecule has 0 atom stereocenters. The molecule has 0 unspecified atom stereocenters. The number of hydrogen-bond donors (Lipinski definition) is 3. The topological polar surface area (TPSA) is 108 Å². The monoisotopic (exact) mass is 465 g/mol. The number of carbonyl (C=O) groups is 1. The van der Waals surface area contributed by atoms with Gasteiger partial charge in [0.05, 0.1) is 10.5 Å². The Morgan fingerprint density at radius 1 is 1.03 bits per heavy atom. The number of rotatable bonds is 5. The fourth-order valence-electron chi connectivity index (χ4n) is 2.87. The van der Waals surface area contributed by atoms with Gasteiger partial charge in [0, 0.05) is 17.4 Å². The van der Waals surface area contributed by atoms with Crippen molar-refractivity contribution in [2.45, 2.75) is 24.9 Å². The predicted molar refractivity (Wildman–Crippen MR) is 113 cm³/mol. The van der Waals surface area contributed by atoms with E-state index in [9.17, 15) is 31.2 Å². The van der Waals surface area contributed by atoms with Gasteiger partial charge in [0.15, 0.2) is 0 Å². The molecule has 0 aliphatic rings. The molecule has 0 fully saturated rings. The van der Waals surface area contributed by atoms with Crippen molar-refractivity contribution in [1.29, 1.82) is 0 Å². The van der Waals surface area contributed by atoms with Crippen molar-refractivity contribution in [3.63, 3.8) is 0 Å². The Labute approximate surface area is 181 Å². The van der Waals surface area contributed by atoms with Gasteiger partial charge >= 0.3 is 6.18 Å². The van der Waals surface area contributed by atoms with E-state index in [-0.39, 0.29) is 10.5 Å². The van der Waals surface area contributed by atoms with Crippen LogP contribution >= 0.6 is 0 Å². The van der Waals surface area contributed by atoms with Gasteiger partial charge < -0.3 is 10.3 Å². The van der Waals surface area contributed by atoms with Gasteiger partial charge in [-0.1, -0.05) is 18.2 Å². The molecule has 0 saturated heterocycles. The van der Waals surface area contributed by atoms with Crippen molar-refractivity contribution in [3.05, 3.63) is 87.3 Å². The predicted octanol–water partition coefficient (Wildman–Crippen LogP) is 4.06. The van der Waals surface area contributed by atoms with Gasteiger partial charge in [0.2, 0.25) is 0 Å². The third-order valence-electron chi connectivity index (χ3n) is 4.51. The number of halogens is 3. The first-order valence-corrected chi connectivity index (χ1v) is 10.7. The number of sulfonamides is 1. The number of aromatic nitrogens is 1. The average molecular weight is 465 g/mol. The molecule has 2 aromatic carbocycles. The Morgan fingerprint density at radius 2 is 1.75 bits per heavy atom. The lowest BCUT2D eigenvalue weighted by Gasteiger charge is -2.13. The van der Waals surface area contributed by atoms with E-state index in [1.54, 1.807) is 31.2 Å². The van der Waals surface area contributed by atoms with Crippen molar-refractivity contribution < 1.29 is 26.4 Å². The quantitative estimate of drug-likeness (QED) is 0.528. The van der Waals surface area contributed by atoms with E-state index >= 15 is 0 Å². The van der Waals surface area contributed by atoms with Crippen LogP contribution in [0.25, 0.3) is 0 Å². The smallest absolute Gasteiger partial charge is 0.327 e. The largest absolute Gasteiger partial charge is 0.417 e. The first kappa shape index (κ1) is 23.1. The van der Waals surface area contributed by atoms with Crippen LogP contribution in [0.15, 0.2) is 64.4 Å². The minimum absolute atomic E-state index is 0.117. The van der Waals surface area contributed by atoms with Crippen LogP contribution in [-0.4, -0.2) is 19.3 Å². The molecule has 3 aromatic rings. The van der Waals surface area contributed by atoms with E-state index in [2.05, 4.69) is 10.0 Å². The van der Waals surface area contributed by atoms with Gasteiger partial charge in [-0.05, 0) is 55.3 Å². The number of pyridine rings is 1. The minimum Gasteiger partial charge on any atom is -0.327 e. The van der Waals surface area contributed by atoms with Gasteiger partial charge in [0.25, 0.3) is 21.5 Å². The van der Waals surface area contributed by atoms with Crippen LogP contribution in [0.4, 0.5) is 24.5 Å². The van der Waals surface area contributed by atoms with Gasteiger partial charge in [-0.25, -0.2) is 8.42 Å². The summed E-state index contributed by atoms with van der Waals surface area (Å²) in [6.45, 7) is 3.32. The number of alkyl halides is 3. The number of hydrogen-bond acceptors (Lipinski definition) is 4. The van der Waals surface area contributed by atoms with E-state index in [1.165, 1.54) is 19.1 Å². The summed E-state index contributed by atoms with van der Waals surface area (Å²) in [6.07, 6.45) is -4.23. The zero-order chi connectivity index (χ0) is 23.7. The standard InChI is InChI=1S/C21H18F3N3O4S/c1-12-4-3-5-15(8-12)27-32(30,31)16-7-6-13(2)17(10-16)19(28)26-18-9-14(21(22,23)24)11-25-20(18)29/h3-11,27H,1-2H3,(H,25,29)(H,26,28). The molecule has 0 spiro atoms. The van der Waals surface area contributed by atoms with Crippen LogP contribution < -0.4 is 15.6 Å². The third kappa shape index (κ3) is 5.17. The van der Waals surface area contributed by atoms with Gasteiger partial charge in [0.1, 0.15) is 5.69 Å². The molecule has 0 bridgehead atoms. The van der Waals surface area contributed by atoms with Crippen LogP contribution in [0.3, 0.4) is 0 Å². The maximum absolute atomic E-state index is 12.9. The van der Waals surface area contributed by atoms with Crippen LogP contribution in [0, 0.1) is 13.8 Å². The molecule has 0 saturated carbocycles. The number of anilines is 2. The zero-order valence-corrected chi connectivity index (χ0v) is 17.7. The zero-order valence-electron chi connectivity index (χ0n) is 16.9. The average Bonchev–Trinajstić information content (AvgIpc) is 2.68. The highest BCUT2D eigenvalue weighted by molar-refractivity contribution is 7.92. The molecule has 3 N–H and O–H groups in total. The molecule has 1 heterocycles. The van der Waals surface area contributed by atoms with Gasteiger partial charge in [-0.3, -0.25) is 14.3 Å². The van der Waals surface area contributed by atoms with Crippen LogP contribution in [0.1, 0.15) is 27.0 Å². The fraction of sp³-hybridized carbons (Fsp3) is 0.143. The molecule has 1 aromatic heterocycles. The Kier molecular flexibility index (Phi) is 6.13. The molecule has 0 aliphatic carbocycles. The maximum atomic E-state index is 12.9. The van der Waals surface area contributed by atoms with E-state index < -0.39 is 38.9 Å². The second kappa shape index (κ2) is 8.50. The summed E-state index contributed by atoms with van der Waals surface area (Å²) in [7, 11) is -4.06. The molecular formula is C21H18F3N3O4S. The van der Waals surface area contributed by atoms with Gasteiger partial charge in [-0.15, -0.1) is 0 Å². The van der Waals surface area contributed by atoms with E-state index in [1.807, 2.05) is 4.98 Å². The summed E-state index contributed by atoms with van der Waals surface area (Å²) < 4.78 is 66.6. The molecule has 168 valence electrons. The summed E-state index contributed by atoms with van der Waals surface area (Å²) >= 11 is 0. The Balaban J connectivity index is 1.92. The first-order valence-electron chi connectivity index (χ1n) is 9.18. The second-order valence-electron chi connectivity index (χ2n) is 7.03.